The lowest BCUT2D eigenvalue weighted by Gasteiger charge is -2.33. The van der Waals surface area contributed by atoms with Gasteiger partial charge in [0, 0.05) is 78.8 Å². The van der Waals surface area contributed by atoms with E-state index in [4.69, 9.17) is 18.9 Å². The van der Waals surface area contributed by atoms with Crippen molar-refractivity contribution in [2.24, 2.45) is 28.2 Å². The predicted octanol–water partition coefficient (Wildman–Crippen LogP) is 21.6. The van der Waals surface area contributed by atoms with Gasteiger partial charge in [0.15, 0.2) is 24.8 Å². The third-order valence-corrected chi connectivity index (χ3v) is 23.6. The summed E-state index contributed by atoms with van der Waals surface area (Å²) < 4.78 is 34.5. The number of nitrogens with zero attached hydrogens (tertiary/aromatic N) is 4. The maximum absolute atomic E-state index is 6.80. The second kappa shape index (κ2) is 29.4. The summed E-state index contributed by atoms with van der Waals surface area (Å²) in [5.41, 5.74) is 34.7. The molecule has 1 aliphatic carbocycles. The fraction of sp³-hybridized carbons (Fsp3) is 0.313. The molecule has 544 valence electrons. The van der Waals surface area contributed by atoms with Crippen molar-refractivity contribution in [1.82, 2.24) is 0 Å². The molecule has 4 aromatic heterocycles. The Bertz CT molecular complexity index is 5350. The standard InChI is InChI=1S/C27H30NO.C26H30NO.C24H26NO.C22H22NO/c1-19-7-10-21(11-8-19)22-13-16-28(3)24(17-22)25-20(2)9-12-23-18-27(29-26(23)25)14-5-4-6-15-27;1-17-8-11-19(12-9-17)20-14-15-27(7)22(16-20)23-18(2)10-13-21-24(23)28-26(5,6)25(21,3)4;1-16-6-9-18(10-7-16)19-12-13-25(5)21(14-19)22-17(2)8-11-20-15-24(3,4)26-23(20)22;1-15-4-7-17(8-5-15)19-10-12-23(3)20(14-19)21-16(2)6-9-18-11-13-24-22(18)21/h7-13,16-17H,4-6,14-15,18H2,1-3H3;8-16H,1-7H3;6-14H,15H2,1-5H3;4-10,12,14H,11,13H2,1-3H3/q4*+1. The number of benzene rings is 8. The summed E-state index contributed by atoms with van der Waals surface area (Å²) in [5, 5.41) is 0. The molecule has 0 N–H and O–H groups in total. The minimum atomic E-state index is -0.245. The van der Waals surface area contributed by atoms with Crippen LogP contribution in [-0.4, -0.2) is 23.4 Å². The van der Waals surface area contributed by atoms with Crippen molar-refractivity contribution in [1.29, 1.82) is 0 Å². The molecule has 0 amide bonds. The van der Waals surface area contributed by atoms with Crippen LogP contribution in [0.5, 0.6) is 23.0 Å². The molecule has 8 heterocycles. The summed E-state index contributed by atoms with van der Waals surface area (Å²) in [7, 11) is 8.45. The third kappa shape index (κ3) is 14.8. The van der Waals surface area contributed by atoms with Crippen LogP contribution < -0.4 is 37.2 Å². The number of hydrogen-bond acceptors (Lipinski definition) is 4. The van der Waals surface area contributed by atoms with Gasteiger partial charge < -0.3 is 18.9 Å². The fourth-order valence-electron chi connectivity index (χ4n) is 16.4. The summed E-state index contributed by atoms with van der Waals surface area (Å²) >= 11 is 0. The van der Waals surface area contributed by atoms with Gasteiger partial charge in [0.2, 0.25) is 22.8 Å². The molecule has 8 heteroatoms. The Labute approximate surface area is 637 Å². The van der Waals surface area contributed by atoms with E-state index < -0.39 is 0 Å². The molecular formula is C99H108N4O4+4. The van der Waals surface area contributed by atoms with Crippen molar-refractivity contribution in [3.05, 3.63) is 286 Å². The summed E-state index contributed by atoms with van der Waals surface area (Å²) in [6.07, 6.45) is 17.9. The van der Waals surface area contributed by atoms with E-state index in [0.717, 1.165) is 48.9 Å². The molecule has 8 aromatic carbocycles. The van der Waals surface area contributed by atoms with Gasteiger partial charge in [-0.1, -0.05) is 188 Å². The molecule has 107 heavy (non-hydrogen) atoms. The van der Waals surface area contributed by atoms with E-state index in [1.165, 1.54) is 188 Å². The minimum Gasteiger partial charge on any atom is -0.492 e. The van der Waals surface area contributed by atoms with Gasteiger partial charge in [-0.25, -0.2) is 18.3 Å². The van der Waals surface area contributed by atoms with E-state index in [1.54, 1.807) is 0 Å². The monoisotopic (exact) mass is 1420 g/mol. The third-order valence-electron chi connectivity index (χ3n) is 23.6. The fourth-order valence-corrected chi connectivity index (χ4v) is 16.4. The second-order valence-corrected chi connectivity index (χ2v) is 32.9. The number of fused-ring (bicyclic) bond motifs is 4. The van der Waals surface area contributed by atoms with Crippen molar-refractivity contribution in [3.8, 4) is 113 Å². The molecule has 0 atom stereocenters. The molecule has 1 saturated carbocycles. The van der Waals surface area contributed by atoms with E-state index in [2.05, 4.69) is 362 Å². The number of aromatic nitrogens is 4. The molecule has 0 bridgehead atoms. The largest absolute Gasteiger partial charge is 0.492 e. The number of pyridine rings is 4. The van der Waals surface area contributed by atoms with Gasteiger partial charge in [0.25, 0.3) is 0 Å². The molecule has 8 nitrogen and oxygen atoms in total. The molecule has 1 fully saturated rings. The summed E-state index contributed by atoms with van der Waals surface area (Å²) in [6, 6.07) is 70.7. The van der Waals surface area contributed by atoms with Gasteiger partial charge in [0.05, 0.1) is 28.9 Å². The molecule has 0 saturated heterocycles. The Morgan fingerprint density at radius 1 is 0.308 bits per heavy atom. The van der Waals surface area contributed by atoms with Crippen LogP contribution in [0, 0.1) is 55.4 Å². The van der Waals surface area contributed by atoms with Crippen LogP contribution in [0.4, 0.5) is 0 Å². The van der Waals surface area contributed by atoms with E-state index >= 15 is 0 Å². The van der Waals surface area contributed by atoms with Gasteiger partial charge in [0.1, 0.15) is 68.0 Å². The zero-order chi connectivity index (χ0) is 75.4. The van der Waals surface area contributed by atoms with E-state index in [0.29, 0.717) is 0 Å². The lowest BCUT2D eigenvalue weighted by Crippen LogP contribution is -2.41. The lowest BCUT2D eigenvalue weighted by molar-refractivity contribution is -0.660. The molecule has 0 unspecified atom stereocenters. The first-order valence-electron chi connectivity index (χ1n) is 38.6. The van der Waals surface area contributed by atoms with Gasteiger partial charge in [-0.05, 0) is 192 Å². The Balaban J connectivity index is 0.000000120. The van der Waals surface area contributed by atoms with Gasteiger partial charge >= 0.3 is 0 Å². The zero-order valence-electron chi connectivity index (χ0n) is 66.6. The van der Waals surface area contributed by atoms with E-state index in [-0.39, 0.29) is 22.2 Å². The predicted molar refractivity (Wildman–Crippen MR) is 437 cm³/mol. The summed E-state index contributed by atoms with van der Waals surface area (Å²) in [5.74, 6) is 4.27. The second-order valence-electron chi connectivity index (χ2n) is 32.9. The van der Waals surface area contributed by atoms with Gasteiger partial charge in [-0.3, -0.25) is 0 Å². The number of aryl methyl sites for hydroxylation is 12. The molecular weight excluding hydrogens is 1310 g/mol. The maximum atomic E-state index is 6.80. The first-order chi connectivity index (χ1) is 51.1. The van der Waals surface area contributed by atoms with Gasteiger partial charge in [-0.15, -0.1) is 0 Å². The van der Waals surface area contributed by atoms with Crippen LogP contribution in [0.25, 0.3) is 89.5 Å². The van der Waals surface area contributed by atoms with E-state index in [9.17, 15) is 0 Å². The Hall–Kier alpha value is -10.4. The molecule has 1 spiro atoms. The topological polar surface area (TPSA) is 52.4 Å². The van der Waals surface area contributed by atoms with Crippen LogP contribution >= 0.6 is 0 Å². The Morgan fingerprint density at radius 3 is 1.04 bits per heavy atom. The van der Waals surface area contributed by atoms with Crippen molar-refractivity contribution in [2.75, 3.05) is 6.61 Å². The average Bonchev–Trinajstić information content (AvgIpc) is 1.58. The average molecular weight is 1420 g/mol. The SMILES string of the molecule is Cc1ccc(-c2cc[n+](C)c(-c3c(C)ccc4c3OC(C)(C)C4(C)C)c2)cc1.Cc1ccc(-c2cc[n+](C)c(-c3c(C)ccc4c3OC(C)(C)C4)c2)cc1.Cc1ccc(-c2cc[n+](C)c(-c3c(C)ccc4c3OC3(CCCCC3)C4)c2)cc1.Cc1ccc(-c2cc[n+](C)c(-c3c(C)ccc4c3OCC4)c2)cc1. The van der Waals surface area contributed by atoms with Crippen molar-refractivity contribution >= 4 is 0 Å². The normalized spacial score (nSPS) is 15.5. The van der Waals surface area contributed by atoms with E-state index in [1.807, 2.05) is 0 Å². The van der Waals surface area contributed by atoms with Crippen LogP contribution in [0.2, 0.25) is 0 Å². The van der Waals surface area contributed by atoms with Crippen LogP contribution in [0.3, 0.4) is 0 Å². The Morgan fingerprint density at radius 2 is 0.645 bits per heavy atom. The highest BCUT2D eigenvalue weighted by Gasteiger charge is 2.50. The zero-order valence-corrected chi connectivity index (χ0v) is 66.6. The van der Waals surface area contributed by atoms with Crippen molar-refractivity contribution in [2.45, 2.75) is 171 Å². The molecule has 12 aromatic rings. The quantitative estimate of drug-likeness (QED) is 0.142. The van der Waals surface area contributed by atoms with Crippen LogP contribution in [0.1, 0.15) is 140 Å². The number of ether oxygens (including phenoxy) is 4. The molecule has 17 rings (SSSR count). The maximum Gasteiger partial charge on any atom is 0.216 e. The Kier molecular flexibility index (Phi) is 20.2. The highest BCUT2D eigenvalue weighted by Crippen LogP contribution is 2.54. The van der Waals surface area contributed by atoms with Gasteiger partial charge in [-0.2, -0.15) is 0 Å². The van der Waals surface area contributed by atoms with Crippen molar-refractivity contribution in [3.63, 3.8) is 0 Å². The first-order valence-corrected chi connectivity index (χ1v) is 38.6. The molecule has 4 aliphatic heterocycles. The molecule has 5 aliphatic rings. The highest BCUT2D eigenvalue weighted by atomic mass is 16.5. The first kappa shape index (κ1) is 73.5. The number of hydrogen-bond donors (Lipinski definition) is 0. The minimum absolute atomic E-state index is 0.0380. The summed E-state index contributed by atoms with van der Waals surface area (Å²) in [6.45, 7) is 31.3. The smallest absolute Gasteiger partial charge is 0.216 e. The summed E-state index contributed by atoms with van der Waals surface area (Å²) in [4.78, 5) is 0. The van der Waals surface area contributed by atoms with Crippen LogP contribution in [0.15, 0.2) is 219 Å². The number of rotatable bonds is 8. The highest BCUT2D eigenvalue weighted by molar-refractivity contribution is 5.81. The van der Waals surface area contributed by atoms with Crippen molar-refractivity contribution < 1.29 is 37.2 Å². The molecule has 0 radical (unpaired) electrons. The lowest BCUT2D eigenvalue weighted by atomic mass is 9.73. The van der Waals surface area contributed by atoms with Crippen LogP contribution in [-0.2, 0) is 52.9 Å².